The van der Waals surface area contributed by atoms with Crippen LogP contribution in [-0.2, 0) is 19.3 Å². The minimum absolute atomic E-state index is 0.0623. The molecule has 0 saturated carbocycles. The van der Waals surface area contributed by atoms with Gasteiger partial charge < -0.3 is 9.52 Å². The predicted molar refractivity (Wildman–Crippen MR) is 88.7 cm³/mol. The molecule has 1 aromatic heterocycles. The van der Waals surface area contributed by atoms with Crippen LogP contribution in [0.2, 0.25) is 0 Å². The standard InChI is InChI=1S/C20H16O3/c21-19-16(12-13-6-2-1-3-7-13)20(22)23-17-11-10-14-8-4-5-9-15(14)18(17)19/h1-9,21H,10-12H2. The van der Waals surface area contributed by atoms with Gasteiger partial charge in [-0.05, 0) is 23.1 Å². The van der Waals surface area contributed by atoms with Crippen LogP contribution in [-0.4, -0.2) is 5.11 Å². The smallest absolute Gasteiger partial charge is 0.343 e. The first-order valence-electron chi connectivity index (χ1n) is 7.74. The van der Waals surface area contributed by atoms with Gasteiger partial charge in [-0.3, -0.25) is 0 Å². The normalized spacial score (nSPS) is 12.5. The van der Waals surface area contributed by atoms with E-state index >= 15 is 0 Å². The summed E-state index contributed by atoms with van der Waals surface area (Å²) in [5.74, 6) is 0.648. The average molecular weight is 304 g/mol. The first-order valence-corrected chi connectivity index (χ1v) is 7.74. The van der Waals surface area contributed by atoms with E-state index < -0.39 is 5.63 Å². The first-order chi connectivity index (χ1) is 11.2. The van der Waals surface area contributed by atoms with Crippen LogP contribution in [0.5, 0.6) is 5.75 Å². The molecule has 114 valence electrons. The van der Waals surface area contributed by atoms with Gasteiger partial charge in [0, 0.05) is 12.8 Å². The molecule has 0 amide bonds. The summed E-state index contributed by atoms with van der Waals surface area (Å²) < 4.78 is 5.53. The largest absolute Gasteiger partial charge is 0.507 e. The molecule has 2 aromatic carbocycles. The van der Waals surface area contributed by atoms with Gasteiger partial charge in [0.1, 0.15) is 11.5 Å². The summed E-state index contributed by atoms with van der Waals surface area (Å²) in [6.07, 6.45) is 1.83. The highest BCUT2D eigenvalue weighted by atomic mass is 16.4. The lowest BCUT2D eigenvalue weighted by atomic mass is 9.87. The molecule has 0 saturated heterocycles. The van der Waals surface area contributed by atoms with Gasteiger partial charge >= 0.3 is 5.63 Å². The van der Waals surface area contributed by atoms with Crippen molar-refractivity contribution in [1.29, 1.82) is 0 Å². The molecule has 0 unspecified atom stereocenters. The van der Waals surface area contributed by atoms with Crippen molar-refractivity contribution in [3.8, 4) is 16.9 Å². The van der Waals surface area contributed by atoms with Crippen molar-refractivity contribution in [3.63, 3.8) is 0 Å². The Bertz CT molecular complexity index is 923. The Morgan fingerprint density at radius 2 is 1.70 bits per heavy atom. The topological polar surface area (TPSA) is 50.4 Å². The van der Waals surface area contributed by atoms with E-state index in [0.717, 1.165) is 17.5 Å². The van der Waals surface area contributed by atoms with Crippen LogP contribution >= 0.6 is 0 Å². The maximum atomic E-state index is 12.3. The molecule has 1 N–H and O–H groups in total. The van der Waals surface area contributed by atoms with E-state index in [2.05, 4.69) is 6.07 Å². The van der Waals surface area contributed by atoms with Crippen LogP contribution in [0.25, 0.3) is 11.1 Å². The van der Waals surface area contributed by atoms with Gasteiger partial charge in [0.15, 0.2) is 0 Å². The lowest BCUT2D eigenvalue weighted by Crippen LogP contribution is -2.14. The molecular formula is C20H16O3. The number of fused-ring (bicyclic) bond motifs is 3. The molecule has 1 aliphatic rings. The van der Waals surface area contributed by atoms with Crippen LogP contribution < -0.4 is 5.63 Å². The molecule has 3 heteroatoms. The van der Waals surface area contributed by atoms with E-state index in [1.54, 1.807) is 0 Å². The van der Waals surface area contributed by atoms with E-state index in [1.807, 2.05) is 48.5 Å². The van der Waals surface area contributed by atoms with Crippen molar-refractivity contribution in [3.05, 3.63) is 87.5 Å². The number of rotatable bonds is 2. The van der Waals surface area contributed by atoms with Gasteiger partial charge in [-0.15, -0.1) is 0 Å². The molecule has 23 heavy (non-hydrogen) atoms. The summed E-state index contributed by atoms with van der Waals surface area (Å²) in [6.45, 7) is 0. The van der Waals surface area contributed by atoms with E-state index in [-0.39, 0.29) is 5.75 Å². The molecule has 4 rings (SSSR count). The number of benzene rings is 2. The molecule has 0 spiro atoms. The lowest BCUT2D eigenvalue weighted by molar-refractivity contribution is 0.415. The van der Waals surface area contributed by atoms with Crippen LogP contribution in [0.1, 0.15) is 22.5 Å². The van der Waals surface area contributed by atoms with Crippen LogP contribution in [0.3, 0.4) is 0 Å². The summed E-state index contributed by atoms with van der Waals surface area (Å²) in [5, 5.41) is 10.8. The Hall–Kier alpha value is -2.81. The Balaban J connectivity index is 1.89. The third-order valence-corrected chi connectivity index (χ3v) is 4.40. The predicted octanol–water partition coefficient (Wildman–Crippen LogP) is 3.70. The van der Waals surface area contributed by atoms with E-state index in [9.17, 15) is 9.90 Å². The molecule has 0 radical (unpaired) electrons. The van der Waals surface area contributed by atoms with Gasteiger partial charge in [0.2, 0.25) is 0 Å². The van der Waals surface area contributed by atoms with E-state index in [1.165, 1.54) is 5.56 Å². The minimum Gasteiger partial charge on any atom is -0.507 e. The van der Waals surface area contributed by atoms with Crippen molar-refractivity contribution in [2.75, 3.05) is 0 Å². The van der Waals surface area contributed by atoms with Crippen LogP contribution in [0.15, 0.2) is 63.8 Å². The summed E-state index contributed by atoms with van der Waals surface area (Å²) >= 11 is 0. The van der Waals surface area contributed by atoms with Gasteiger partial charge in [-0.2, -0.15) is 0 Å². The number of aryl methyl sites for hydroxylation is 2. The fraction of sp³-hybridized carbons (Fsp3) is 0.150. The average Bonchev–Trinajstić information content (AvgIpc) is 2.59. The molecule has 1 heterocycles. The zero-order valence-electron chi connectivity index (χ0n) is 12.6. The Morgan fingerprint density at radius 3 is 2.52 bits per heavy atom. The Labute approximate surface area is 133 Å². The highest BCUT2D eigenvalue weighted by Crippen LogP contribution is 2.40. The maximum Gasteiger partial charge on any atom is 0.343 e. The lowest BCUT2D eigenvalue weighted by Gasteiger charge is -2.20. The molecule has 3 aromatic rings. The van der Waals surface area contributed by atoms with Crippen LogP contribution in [0, 0.1) is 0 Å². The minimum atomic E-state index is -0.440. The summed E-state index contributed by atoms with van der Waals surface area (Å²) in [5.41, 5.74) is 3.67. The molecule has 1 aliphatic carbocycles. The van der Waals surface area contributed by atoms with Gasteiger partial charge in [-0.25, -0.2) is 4.79 Å². The van der Waals surface area contributed by atoms with Gasteiger partial charge in [-0.1, -0.05) is 54.6 Å². The molecule has 0 aliphatic heterocycles. The zero-order valence-corrected chi connectivity index (χ0v) is 12.6. The second-order valence-corrected chi connectivity index (χ2v) is 5.83. The summed E-state index contributed by atoms with van der Waals surface area (Å²) in [6, 6.07) is 17.6. The molecular weight excluding hydrogens is 288 g/mol. The second-order valence-electron chi connectivity index (χ2n) is 5.83. The number of hydrogen-bond acceptors (Lipinski definition) is 3. The van der Waals surface area contributed by atoms with Crippen molar-refractivity contribution >= 4 is 0 Å². The van der Waals surface area contributed by atoms with E-state index in [4.69, 9.17) is 4.42 Å². The zero-order chi connectivity index (χ0) is 15.8. The second kappa shape index (κ2) is 5.43. The number of hydrogen-bond donors (Lipinski definition) is 1. The monoisotopic (exact) mass is 304 g/mol. The summed E-state index contributed by atoms with van der Waals surface area (Å²) in [7, 11) is 0. The quantitative estimate of drug-likeness (QED) is 0.785. The molecule has 0 atom stereocenters. The van der Waals surface area contributed by atoms with Crippen molar-refractivity contribution in [2.45, 2.75) is 19.3 Å². The van der Waals surface area contributed by atoms with Crippen molar-refractivity contribution < 1.29 is 9.52 Å². The Kier molecular flexibility index (Phi) is 3.27. The van der Waals surface area contributed by atoms with Crippen LogP contribution in [0.4, 0.5) is 0 Å². The van der Waals surface area contributed by atoms with Gasteiger partial charge in [0.05, 0.1) is 11.1 Å². The fourth-order valence-electron chi connectivity index (χ4n) is 3.24. The highest BCUT2D eigenvalue weighted by Gasteiger charge is 2.25. The SMILES string of the molecule is O=c1oc2c(c(O)c1Cc1ccccc1)-c1ccccc1CC2. The third kappa shape index (κ3) is 2.34. The first kappa shape index (κ1) is 13.8. The molecule has 0 fully saturated rings. The number of aromatic hydroxyl groups is 1. The third-order valence-electron chi connectivity index (χ3n) is 4.40. The van der Waals surface area contributed by atoms with Gasteiger partial charge in [0.25, 0.3) is 0 Å². The molecule has 3 nitrogen and oxygen atoms in total. The highest BCUT2D eigenvalue weighted by molar-refractivity contribution is 5.77. The van der Waals surface area contributed by atoms with Crippen molar-refractivity contribution in [1.82, 2.24) is 0 Å². The van der Waals surface area contributed by atoms with E-state index in [0.29, 0.717) is 29.7 Å². The fourth-order valence-corrected chi connectivity index (χ4v) is 3.24. The Morgan fingerprint density at radius 1 is 0.957 bits per heavy atom. The summed E-state index contributed by atoms with van der Waals surface area (Å²) in [4.78, 5) is 12.3. The maximum absolute atomic E-state index is 12.3. The molecule has 0 bridgehead atoms. The van der Waals surface area contributed by atoms with Crippen molar-refractivity contribution in [2.24, 2.45) is 0 Å².